The number of hydrogen-bond donors (Lipinski definition) is 2. The molecule has 2 nitrogen and oxygen atoms in total. The highest BCUT2D eigenvalue weighted by Crippen LogP contribution is 2.29. The smallest absolute Gasteiger partial charge is 0.0431 e. The molecule has 1 saturated carbocycles. The Balaban J connectivity index is 2.21. The van der Waals surface area contributed by atoms with E-state index in [1.165, 1.54) is 19.3 Å². The van der Waals surface area contributed by atoms with Crippen molar-refractivity contribution >= 4 is 0 Å². The van der Waals surface area contributed by atoms with E-state index in [0.717, 1.165) is 24.7 Å². The quantitative estimate of drug-likeness (QED) is 0.735. The summed E-state index contributed by atoms with van der Waals surface area (Å²) in [5.41, 5.74) is 0. The van der Waals surface area contributed by atoms with Crippen LogP contribution in [0.3, 0.4) is 0 Å². The third-order valence-electron chi connectivity index (χ3n) is 3.91. The maximum Gasteiger partial charge on any atom is 0.0431 e. The average molecular weight is 213 g/mol. The number of rotatable bonds is 5. The monoisotopic (exact) mass is 213 g/mol. The van der Waals surface area contributed by atoms with Crippen LogP contribution in [0.2, 0.25) is 0 Å². The topological polar surface area (TPSA) is 32.3 Å². The van der Waals surface area contributed by atoms with Crippen LogP contribution in [0.4, 0.5) is 0 Å². The van der Waals surface area contributed by atoms with E-state index in [0.29, 0.717) is 18.7 Å². The highest BCUT2D eigenvalue weighted by atomic mass is 16.2. The predicted octanol–water partition coefficient (Wildman–Crippen LogP) is 2.56. The Labute approximate surface area is 94.5 Å². The molecule has 0 bridgehead atoms. The standard InChI is InChI=1S/C13H27NO/c1-10-6-7-13(9-11(10)2)14-12(3)5-4-8-15/h10-15H,4-9H2,1-3H3/t10-,11-,12-,13-/m1/s1. The molecule has 1 aliphatic rings. The molecule has 0 aromatic carbocycles. The van der Waals surface area contributed by atoms with Gasteiger partial charge in [-0.1, -0.05) is 13.8 Å². The van der Waals surface area contributed by atoms with Crippen molar-refractivity contribution in [3.05, 3.63) is 0 Å². The van der Waals surface area contributed by atoms with Crippen LogP contribution < -0.4 is 5.32 Å². The number of nitrogens with one attached hydrogen (secondary N) is 1. The molecule has 2 N–H and O–H groups in total. The molecule has 0 aliphatic heterocycles. The Morgan fingerprint density at radius 2 is 2.00 bits per heavy atom. The van der Waals surface area contributed by atoms with Crippen molar-refractivity contribution in [2.45, 2.75) is 65.0 Å². The van der Waals surface area contributed by atoms with E-state index in [9.17, 15) is 0 Å². The maximum atomic E-state index is 8.77. The van der Waals surface area contributed by atoms with E-state index in [1.807, 2.05) is 0 Å². The normalized spacial score (nSPS) is 34.0. The molecule has 1 rings (SSSR count). The summed E-state index contributed by atoms with van der Waals surface area (Å²) < 4.78 is 0. The van der Waals surface area contributed by atoms with Gasteiger partial charge in [0, 0.05) is 18.7 Å². The summed E-state index contributed by atoms with van der Waals surface area (Å²) in [7, 11) is 0. The Kier molecular flexibility index (Phi) is 5.62. The van der Waals surface area contributed by atoms with Gasteiger partial charge in [-0.2, -0.15) is 0 Å². The Morgan fingerprint density at radius 1 is 1.27 bits per heavy atom. The zero-order valence-electron chi connectivity index (χ0n) is 10.5. The van der Waals surface area contributed by atoms with Crippen molar-refractivity contribution in [2.75, 3.05) is 6.61 Å². The first-order valence-corrected chi connectivity index (χ1v) is 6.50. The fourth-order valence-corrected chi connectivity index (χ4v) is 2.58. The van der Waals surface area contributed by atoms with E-state index >= 15 is 0 Å². The fraction of sp³-hybridized carbons (Fsp3) is 1.00. The van der Waals surface area contributed by atoms with E-state index in [-0.39, 0.29) is 0 Å². The molecule has 0 aromatic heterocycles. The third-order valence-corrected chi connectivity index (χ3v) is 3.91. The fourth-order valence-electron chi connectivity index (χ4n) is 2.58. The molecule has 15 heavy (non-hydrogen) atoms. The van der Waals surface area contributed by atoms with Gasteiger partial charge in [0.2, 0.25) is 0 Å². The highest BCUT2D eigenvalue weighted by Gasteiger charge is 2.24. The van der Waals surface area contributed by atoms with Gasteiger partial charge in [0.05, 0.1) is 0 Å². The molecule has 0 amide bonds. The summed E-state index contributed by atoms with van der Waals surface area (Å²) in [4.78, 5) is 0. The molecule has 90 valence electrons. The largest absolute Gasteiger partial charge is 0.396 e. The van der Waals surface area contributed by atoms with E-state index in [2.05, 4.69) is 26.1 Å². The molecule has 0 radical (unpaired) electrons. The zero-order chi connectivity index (χ0) is 11.3. The first-order chi connectivity index (χ1) is 7.13. The molecule has 0 spiro atoms. The SMILES string of the molecule is C[C@H](CCCO)N[C@@H]1CC[C@@H](C)[C@H](C)C1. The molecule has 0 heterocycles. The van der Waals surface area contributed by atoms with Crippen LogP contribution in [0.1, 0.15) is 52.9 Å². The van der Waals surface area contributed by atoms with Crippen LogP contribution in [0.5, 0.6) is 0 Å². The molecule has 0 saturated heterocycles. The van der Waals surface area contributed by atoms with Crippen LogP contribution in [0.25, 0.3) is 0 Å². The molecule has 1 fully saturated rings. The van der Waals surface area contributed by atoms with Crippen molar-refractivity contribution < 1.29 is 5.11 Å². The van der Waals surface area contributed by atoms with Crippen LogP contribution >= 0.6 is 0 Å². The van der Waals surface area contributed by atoms with E-state index in [1.54, 1.807) is 0 Å². The van der Waals surface area contributed by atoms with Gasteiger partial charge >= 0.3 is 0 Å². The molecule has 1 aliphatic carbocycles. The van der Waals surface area contributed by atoms with Gasteiger partial charge in [0.15, 0.2) is 0 Å². The maximum absolute atomic E-state index is 8.77. The predicted molar refractivity (Wildman–Crippen MR) is 64.9 cm³/mol. The second kappa shape index (κ2) is 6.49. The van der Waals surface area contributed by atoms with Crippen LogP contribution in [0.15, 0.2) is 0 Å². The van der Waals surface area contributed by atoms with Gasteiger partial charge < -0.3 is 10.4 Å². The summed E-state index contributed by atoms with van der Waals surface area (Å²) >= 11 is 0. The Morgan fingerprint density at radius 3 is 2.60 bits per heavy atom. The van der Waals surface area contributed by atoms with Crippen molar-refractivity contribution in [1.82, 2.24) is 5.32 Å². The van der Waals surface area contributed by atoms with Gasteiger partial charge in [-0.15, -0.1) is 0 Å². The van der Waals surface area contributed by atoms with Gasteiger partial charge in [0.25, 0.3) is 0 Å². The number of aliphatic hydroxyl groups excluding tert-OH is 1. The van der Waals surface area contributed by atoms with Crippen molar-refractivity contribution in [1.29, 1.82) is 0 Å². The lowest BCUT2D eigenvalue weighted by atomic mass is 9.79. The van der Waals surface area contributed by atoms with Gasteiger partial charge in [-0.05, 0) is 50.9 Å². The van der Waals surface area contributed by atoms with Gasteiger partial charge in [-0.3, -0.25) is 0 Å². The molecular formula is C13H27NO. The minimum Gasteiger partial charge on any atom is -0.396 e. The van der Waals surface area contributed by atoms with Crippen LogP contribution in [-0.2, 0) is 0 Å². The summed E-state index contributed by atoms with van der Waals surface area (Å²) in [6, 6.07) is 1.27. The number of hydrogen-bond acceptors (Lipinski definition) is 2. The summed E-state index contributed by atoms with van der Waals surface area (Å²) in [6.45, 7) is 7.30. The lowest BCUT2D eigenvalue weighted by Crippen LogP contribution is -2.41. The van der Waals surface area contributed by atoms with Crippen molar-refractivity contribution in [2.24, 2.45) is 11.8 Å². The second-order valence-corrected chi connectivity index (χ2v) is 5.40. The Bertz CT molecular complexity index is 172. The summed E-state index contributed by atoms with van der Waals surface area (Å²) in [6.07, 6.45) is 6.04. The van der Waals surface area contributed by atoms with E-state index in [4.69, 9.17) is 5.11 Å². The summed E-state index contributed by atoms with van der Waals surface area (Å²) in [5.74, 6) is 1.76. The Hall–Kier alpha value is -0.0800. The summed E-state index contributed by atoms with van der Waals surface area (Å²) in [5, 5.41) is 12.5. The van der Waals surface area contributed by atoms with Gasteiger partial charge in [0.1, 0.15) is 0 Å². The first kappa shape index (κ1) is 13.0. The van der Waals surface area contributed by atoms with Crippen molar-refractivity contribution in [3.8, 4) is 0 Å². The minimum absolute atomic E-state index is 0.324. The minimum atomic E-state index is 0.324. The molecular weight excluding hydrogens is 186 g/mol. The third kappa shape index (κ3) is 4.52. The second-order valence-electron chi connectivity index (χ2n) is 5.40. The van der Waals surface area contributed by atoms with Crippen LogP contribution in [0, 0.1) is 11.8 Å². The highest BCUT2D eigenvalue weighted by molar-refractivity contribution is 4.81. The lowest BCUT2D eigenvalue weighted by molar-refractivity contribution is 0.210. The molecule has 2 heteroatoms. The zero-order valence-corrected chi connectivity index (χ0v) is 10.5. The van der Waals surface area contributed by atoms with Crippen molar-refractivity contribution in [3.63, 3.8) is 0 Å². The van der Waals surface area contributed by atoms with Crippen LogP contribution in [-0.4, -0.2) is 23.8 Å². The van der Waals surface area contributed by atoms with E-state index < -0.39 is 0 Å². The average Bonchev–Trinajstić information content (AvgIpc) is 2.20. The molecule has 0 aromatic rings. The van der Waals surface area contributed by atoms with Gasteiger partial charge in [-0.25, -0.2) is 0 Å². The first-order valence-electron chi connectivity index (χ1n) is 6.50. The molecule has 0 unspecified atom stereocenters. The molecule has 4 atom stereocenters. The lowest BCUT2D eigenvalue weighted by Gasteiger charge is -2.34. The number of aliphatic hydroxyl groups is 1.